The number of aryl methyl sites for hydroxylation is 1. The van der Waals surface area contributed by atoms with E-state index in [1.54, 1.807) is 0 Å². The third-order valence-corrected chi connectivity index (χ3v) is 2.13. The summed E-state index contributed by atoms with van der Waals surface area (Å²) in [5, 5.41) is 21.4. The van der Waals surface area contributed by atoms with Crippen LogP contribution in [-0.4, -0.2) is 31.8 Å². The fraction of sp³-hybridized carbons (Fsp3) is 0.250. The van der Waals surface area contributed by atoms with Gasteiger partial charge in [-0.05, 0) is 13.0 Å². The van der Waals surface area contributed by atoms with E-state index in [0.717, 1.165) is 4.52 Å². The third kappa shape index (κ3) is 2.11. The molecule has 2 aromatic rings. The van der Waals surface area contributed by atoms with Crippen LogP contribution in [0.5, 0.6) is 0 Å². The van der Waals surface area contributed by atoms with Crippen LogP contribution in [0.25, 0.3) is 5.65 Å². The Morgan fingerprint density at radius 3 is 2.53 bits per heavy atom. The molecule has 2 aromatic heterocycles. The van der Waals surface area contributed by atoms with Gasteiger partial charge in [-0.3, -0.25) is 0 Å². The molecule has 90 valence electrons. The zero-order valence-corrected chi connectivity index (χ0v) is 8.60. The van der Waals surface area contributed by atoms with E-state index >= 15 is 0 Å². The number of nitrogens with zero attached hydrogens (tertiary/aromatic N) is 3. The van der Waals surface area contributed by atoms with Crippen molar-refractivity contribution >= 4 is 18.4 Å². The summed E-state index contributed by atoms with van der Waals surface area (Å²) >= 11 is 0. The molecule has 5 nitrogen and oxygen atoms in total. The van der Waals surface area contributed by atoms with Crippen molar-refractivity contribution < 1.29 is 23.2 Å². The highest BCUT2D eigenvalue weighted by Gasteiger charge is 2.36. The van der Waals surface area contributed by atoms with Crippen LogP contribution < -0.4 is 5.59 Å². The van der Waals surface area contributed by atoms with E-state index in [9.17, 15) is 13.2 Å². The average molecular weight is 245 g/mol. The molecule has 0 radical (unpaired) electrons. The number of halogens is 3. The summed E-state index contributed by atoms with van der Waals surface area (Å²) in [6, 6.07) is 0.576. The van der Waals surface area contributed by atoms with Crippen molar-refractivity contribution in [3.05, 3.63) is 23.5 Å². The van der Waals surface area contributed by atoms with Gasteiger partial charge >= 0.3 is 13.3 Å². The molecule has 0 aromatic carbocycles. The van der Waals surface area contributed by atoms with Gasteiger partial charge in [0.1, 0.15) is 5.56 Å². The van der Waals surface area contributed by atoms with Crippen molar-refractivity contribution in [2.24, 2.45) is 0 Å². The van der Waals surface area contributed by atoms with E-state index in [0.29, 0.717) is 11.8 Å². The minimum Gasteiger partial charge on any atom is -0.422 e. The summed E-state index contributed by atoms with van der Waals surface area (Å²) < 4.78 is 39.1. The number of fused-ring (bicyclic) bond motifs is 1. The molecular formula is C8H7BF3N3O2. The van der Waals surface area contributed by atoms with Gasteiger partial charge in [-0.2, -0.15) is 18.3 Å². The number of rotatable bonds is 1. The predicted molar refractivity (Wildman–Crippen MR) is 52.6 cm³/mol. The first-order valence-corrected chi connectivity index (χ1v) is 4.59. The van der Waals surface area contributed by atoms with Gasteiger partial charge in [-0.15, -0.1) is 0 Å². The zero-order valence-electron chi connectivity index (χ0n) is 8.60. The maximum Gasteiger partial charge on any atom is 0.510 e. The second-order valence-corrected chi connectivity index (χ2v) is 3.50. The Labute approximate surface area is 93.7 Å². The summed E-state index contributed by atoms with van der Waals surface area (Å²) in [5.74, 6) is 0. The molecule has 0 unspecified atom stereocenters. The highest BCUT2D eigenvalue weighted by atomic mass is 19.4. The fourth-order valence-corrected chi connectivity index (χ4v) is 1.45. The van der Waals surface area contributed by atoms with Crippen molar-refractivity contribution in [1.82, 2.24) is 14.6 Å². The van der Waals surface area contributed by atoms with Gasteiger partial charge in [0.15, 0.2) is 5.65 Å². The molecule has 9 heteroatoms. The fourth-order valence-electron chi connectivity index (χ4n) is 1.45. The summed E-state index contributed by atoms with van der Waals surface area (Å²) in [7, 11) is -2.07. The van der Waals surface area contributed by atoms with Crippen LogP contribution in [0, 0.1) is 6.92 Å². The van der Waals surface area contributed by atoms with Gasteiger partial charge in [0, 0.05) is 0 Å². The Kier molecular flexibility index (Phi) is 2.59. The second kappa shape index (κ2) is 3.71. The predicted octanol–water partition coefficient (Wildman–Crippen LogP) is -0.264. The summed E-state index contributed by atoms with van der Waals surface area (Å²) in [6.45, 7) is 1.52. The van der Waals surface area contributed by atoms with Gasteiger partial charge in [0.05, 0.1) is 17.5 Å². The molecular weight excluding hydrogens is 238 g/mol. The summed E-state index contributed by atoms with van der Waals surface area (Å²) in [6.07, 6.45) is -3.36. The Bertz CT molecular complexity index is 567. The second-order valence-electron chi connectivity index (χ2n) is 3.50. The van der Waals surface area contributed by atoms with Gasteiger partial charge in [0.25, 0.3) is 0 Å². The Morgan fingerprint density at radius 2 is 2.00 bits per heavy atom. The number of aromatic nitrogens is 3. The number of imidazole rings is 1. The van der Waals surface area contributed by atoms with Crippen molar-refractivity contribution in [3.63, 3.8) is 0 Å². The van der Waals surface area contributed by atoms with Gasteiger partial charge < -0.3 is 10.0 Å². The smallest absolute Gasteiger partial charge is 0.422 e. The Balaban J connectivity index is 2.78. The van der Waals surface area contributed by atoms with Gasteiger partial charge in [0.2, 0.25) is 0 Å². The number of alkyl halides is 3. The zero-order chi connectivity index (χ0) is 12.8. The lowest BCUT2D eigenvalue weighted by Gasteiger charge is -2.09. The van der Waals surface area contributed by atoms with Crippen LogP contribution in [-0.2, 0) is 6.18 Å². The lowest BCUT2D eigenvalue weighted by molar-refractivity contribution is -0.136. The first kappa shape index (κ1) is 11.9. The summed E-state index contributed by atoms with van der Waals surface area (Å²) in [4.78, 5) is 3.70. The van der Waals surface area contributed by atoms with E-state index in [-0.39, 0.29) is 5.65 Å². The quantitative estimate of drug-likeness (QED) is 0.679. The van der Waals surface area contributed by atoms with E-state index < -0.39 is 24.5 Å². The minimum absolute atomic E-state index is 0.354. The molecule has 0 spiro atoms. The molecule has 0 atom stereocenters. The molecule has 0 amide bonds. The maximum absolute atomic E-state index is 12.7. The molecule has 2 N–H and O–H groups in total. The number of hydrogen-bond donors (Lipinski definition) is 2. The van der Waals surface area contributed by atoms with Crippen molar-refractivity contribution in [2.45, 2.75) is 13.1 Å². The molecule has 0 aliphatic heterocycles. The SMILES string of the molecule is Cc1cn2nc(B(O)O)cc(C(F)(F)F)c2n1. The van der Waals surface area contributed by atoms with Gasteiger partial charge in [-0.25, -0.2) is 9.50 Å². The average Bonchev–Trinajstić information content (AvgIpc) is 2.54. The first-order chi connectivity index (χ1) is 7.79. The molecule has 0 aliphatic carbocycles. The standard InChI is InChI=1S/C8H7BF3N3O2/c1-4-3-15-7(13-4)5(8(10,11)12)2-6(14-15)9(16)17/h2-3,16-17H,1H3. The van der Waals surface area contributed by atoms with Crippen molar-refractivity contribution in [2.75, 3.05) is 0 Å². The van der Waals surface area contributed by atoms with Crippen LogP contribution in [0.4, 0.5) is 13.2 Å². The lowest BCUT2D eigenvalue weighted by Crippen LogP contribution is -2.35. The monoisotopic (exact) mass is 245 g/mol. The van der Waals surface area contributed by atoms with Crippen LogP contribution in [0.2, 0.25) is 0 Å². The maximum atomic E-state index is 12.7. The van der Waals surface area contributed by atoms with Crippen molar-refractivity contribution in [1.29, 1.82) is 0 Å². The van der Waals surface area contributed by atoms with E-state index in [4.69, 9.17) is 10.0 Å². The third-order valence-electron chi connectivity index (χ3n) is 2.13. The molecule has 0 fully saturated rings. The molecule has 0 bridgehead atoms. The number of hydrogen-bond acceptors (Lipinski definition) is 4. The van der Waals surface area contributed by atoms with E-state index in [2.05, 4.69) is 10.1 Å². The summed E-state index contributed by atoms with van der Waals surface area (Å²) in [5.41, 5.74) is -1.54. The van der Waals surface area contributed by atoms with Crippen LogP contribution >= 0.6 is 0 Å². The molecule has 2 heterocycles. The Hall–Kier alpha value is -1.61. The molecule has 17 heavy (non-hydrogen) atoms. The minimum atomic E-state index is -4.63. The Morgan fingerprint density at radius 1 is 1.35 bits per heavy atom. The van der Waals surface area contributed by atoms with E-state index in [1.807, 2.05) is 0 Å². The van der Waals surface area contributed by atoms with Crippen LogP contribution in [0.3, 0.4) is 0 Å². The van der Waals surface area contributed by atoms with Crippen LogP contribution in [0.15, 0.2) is 12.3 Å². The largest absolute Gasteiger partial charge is 0.510 e. The molecule has 0 saturated carbocycles. The highest BCUT2D eigenvalue weighted by Crippen LogP contribution is 2.31. The normalized spacial score (nSPS) is 12.1. The highest BCUT2D eigenvalue weighted by molar-refractivity contribution is 6.57. The topological polar surface area (TPSA) is 70.7 Å². The van der Waals surface area contributed by atoms with Crippen molar-refractivity contribution in [3.8, 4) is 0 Å². The molecule has 2 rings (SSSR count). The van der Waals surface area contributed by atoms with Gasteiger partial charge in [-0.1, -0.05) is 0 Å². The molecule has 0 saturated heterocycles. The molecule has 0 aliphatic rings. The van der Waals surface area contributed by atoms with Crippen LogP contribution in [0.1, 0.15) is 11.3 Å². The van der Waals surface area contributed by atoms with E-state index in [1.165, 1.54) is 13.1 Å². The lowest BCUT2D eigenvalue weighted by atomic mass is 9.85. The first-order valence-electron chi connectivity index (χ1n) is 4.59.